The highest BCUT2D eigenvalue weighted by Gasteiger charge is 2.22. The molecular formula is C22H31N7O2. The van der Waals surface area contributed by atoms with Crippen LogP contribution >= 0.6 is 0 Å². The van der Waals surface area contributed by atoms with Gasteiger partial charge < -0.3 is 31.7 Å². The Balaban J connectivity index is 1.60. The molecule has 31 heavy (non-hydrogen) atoms. The van der Waals surface area contributed by atoms with E-state index in [1.807, 2.05) is 0 Å². The Hall–Kier alpha value is -2.91. The number of likely N-dealkylation sites (N-methyl/N-ethyl adjacent to an activating group) is 1. The Bertz CT molecular complexity index is 957. The molecule has 0 bridgehead atoms. The minimum atomic E-state index is -0.559. The Morgan fingerprint density at radius 2 is 2.00 bits per heavy atom. The molecule has 2 aliphatic rings. The number of benzene rings is 1. The van der Waals surface area contributed by atoms with E-state index < -0.39 is 5.91 Å². The zero-order chi connectivity index (χ0) is 22.0. The number of carbonyl (C=O) groups excluding carboxylic acids is 1. The van der Waals surface area contributed by atoms with Gasteiger partial charge in [0.05, 0.1) is 18.4 Å². The van der Waals surface area contributed by atoms with E-state index in [2.05, 4.69) is 44.7 Å². The molecule has 2 aromatic rings. The van der Waals surface area contributed by atoms with E-state index in [0.29, 0.717) is 11.8 Å². The molecule has 166 valence electrons. The Kier molecular flexibility index (Phi) is 6.24. The van der Waals surface area contributed by atoms with Gasteiger partial charge in [-0.2, -0.15) is 4.98 Å². The molecule has 1 aromatic carbocycles. The van der Waals surface area contributed by atoms with Crippen LogP contribution in [0.4, 0.5) is 17.5 Å². The van der Waals surface area contributed by atoms with Gasteiger partial charge in [0, 0.05) is 31.4 Å². The molecule has 6 N–H and O–H groups in total. The van der Waals surface area contributed by atoms with Crippen molar-refractivity contribution in [2.75, 3.05) is 31.3 Å². The highest BCUT2D eigenvalue weighted by molar-refractivity contribution is 5.97. The van der Waals surface area contributed by atoms with Crippen LogP contribution in [-0.4, -0.2) is 53.6 Å². The van der Waals surface area contributed by atoms with E-state index in [1.54, 1.807) is 7.11 Å². The summed E-state index contributed by atoms with van der Waals surface area (Å²) >= 11 is 0. The largest absolute Gasteiger partial charge is 0.495 e. The number of carbonyl (C=O) groups is 1. The number of hydrogen-bond donors (Lipinski definition) is 4. The summed E-state index contributed by atoms with van der Waals surface area (Å²) < 4.78 is 5.60. The van der Waals surface area contributed by atoms with Gasteiger partial charge in [-0.15, -0.1) is 0 Å². The lowest BCUT2D eigenvalue weighted by Gasteiger charge is -2.28. The lowest BCUT2D eigenvalue weighted by molar-refractivity contribution is 0.100. The van der Waals surface area contributed by atoms with Gasteiger partial charge in [0.25, 0.3) is 5.91 Å². The normalized spacial score (nSPS) is 21.3. The maximum atomic E-state index is 11.9. The summed E-state index contributed by atoms with van der Waals surface area (Å²) in [5.41, 5.74) is 15.2. The second kappa shape index (κ2) is 9.07. The average molecular weight is 426 g/mol. The SMILES string of the molecule is COc1cc2c(cc1Nc1ncc(C(N)=O)c(N[C@H]3CC[C@@H](N)CC3)n1)CN(C)CC2. The van der Waals surface area contributed by atoms with Crippen molar-refractivity contribution in [2.24, 2.45) is 11.5 Å². The second-order valence-electron chi connectivity index (χ2n) is 8.51. The topological polar surface area (TPSA) is 131 Å². The number of methoxy groups -OCH3 is 1. The molecule has 1 amide bonds. The van der Waals surface area contributed by atoms with Crippen molar-refractivity contribution in [3.05, 3.63) is 35.0 Å². The zero-order valence-corrected chi connectivity index (χ0v) is 18.1. The third kappa shape index (κ3) is 4.88. The summed E-state index contributed by atoms with van der Waals surface area (Å²) in [5.74, 6) is 1.00. The monoisotopic (exact) mass is 425 g/mol. The summed E-state index contributed by atoms with van der Waals surface area (Å²) in [4.78, 5) is 23.1. The van der Waals surface area contributed by atoms with Gasteiger partial charge in [0.1, 0.15) is 11.6 Å². The lowest BCUT2D eigenvalue weighted by atomic mass is 9.92. The van der Waals surface area contributed by atoms with E-state index in [9.17, 15) is 4.79 Å². The zero-order valence-electron chi connectivity index (χ0n) is 18.1. The van der Waals surface area contributed by atoms with Crippen LogP contribution in [0, 0.1) is 0 Å². The second-order valence-corrected chi connectivity index (χ2v) is 8.51. The van der Waals surface area contributed by atoms with Crippen molar-refractivity contribution in [1.82, 2.24) is 14.9 Å². The van der Waals surface area contributed by atoms with Crippen LogP contribution in [0.25, 0.3) is 0 Å². The van der Waals surface area contributed by atoms with Crippen LogP contribution in [0.1, 0.15) is 47.2 Å². The minimum Gasteiger partial charge on any atom is -0.495 e. The molecule has 0 unspecified atom stereocenters. The molecule has 1 aliphatic carbocycles. The van der Waals surface area contributed by atoms with Crippen molar-refractivity contribution in [2.45, 2.75) is 50.7 Å². The van der Waals surface area contributed by atoms with Gasteiger partial charge >= 0.3 is 0 Å². The van der Waals surface area contributed by atoms with E-state index in [4.69, 9.17) is 16.2 Å². The number of nitrogens with zero attached hydrogens (tertiary/aromatic N) is 3. The summed E-state index contributed by atoms with van der Waals surface area (Å²) in [6, 6.07) is 4.61. The molecule has 9 heteroatoms. The van der Waals surface area contributed by atoms with Crippen LogP contribution < -0.4 is 26.8 Å². The number of ether oxygens (including phenoxy) is 1. The first-order valence-corrected chi connectivity index (χ1v) is 10.8. The number of nitrogens with two attached hydrogens (primary N) is 2. The molecular weight excluding hydrogens is 394 g/mol. The molecule has 2 heterocycles. The number of fused-ring (bicyclic) bond motifs is 1. The van der Waals surface area contributed by atoms with Crippen molar-refractivity contribution < 1.29 is 9.53 Å². The van der Waals surface area contributed by atoms with E-state index in [0.717, 1.165) is 56.6 Å². The highest BCUT2D eigenvalue weighted by Crippen LogP contribution is 2.33. The number of rotatable bonds is 6. The number of aromatic nitrogens is 2. The average Bonchev–Trinajstić information content (AvgIpc) is 2.75. The molecule has 0 radical (unpaired) electrons. The molecule has 1 aliphatic heterocycles. The van der Waals surface area contributed by atoms with Gasteiger partial charge in [-0.05, 0) is 62.4 Å². The van der Waals surface area contributed by atoms with E-state index in [-0.39, 0.29) is 17.6 Å². The fourth-order valence-corrected chi connectivity index (χ4v) is 4.30. The molecule has 0 atom stereocenters. The standard InChI is InChI=1S/C22H31N7O2/c1-29-8-7-13-10-19(31-2)18(9-14(13)12-29)27-22-25-11-17(20(24)30)21(28-22)26-16-5-3-15(23)4-6-16/h9-11,15-16H,3-8,12,23H2,1-2H3,(H2,24,30)(H2,25,26,27,28)/t15-,16+. The van der Waals surface area contributed by atoms with Crippen molar-refractivity contribution in [3.8, 4) is 5.75 Å². The molecule has 9 nitrogen and oxygen atoms in total. The van der Waals surface area contributed by atoms with Gasteiger partial charge in [-0.25, -0.2) is 4.98 Å². The first-order chi connectivity index (χ1) is 14.9. The quantitative estimate of drug-likeness (QED) is 0.553. The molecule has 0 spiro atoms. The molecule has 4 rings (SSSR count). The summed E-state index contributed by atoms with van der Waals surface area (Å²) in [6.45, 7) is 1.91. The fraction of sp³-hybridized carbons (Fsp3) is 0.500. The van der Waals surface area contributed by atoms with Crippen LogP contribution in [0.5, 0.6) is 5.75 Å². The molecule has 1 saturated carbocycles. The van der Waals surface area contributed by atoms with Crippen molar-refractivity contribution >= 4 is 23.4 Å². The van der Waals surface area contributed by atoms with Gasteiger partial charge in [0.2, 0.25) is 5.95 Å². The highest BCUT2D eigenvalue weighted by atomic mass is 16.5. The van der Waals surface area contributed by atoms with Crippen molar-refractivity contribution in [3.63, 3.8) is 0 Å². The number of nitrogens with one attached hydrogen (secondary N) is 2. The van der Waals surface area contributed by atoms with Crippen LogP contribution in [0.3, 0.4) is 0 Å². The molecule has 1 fully saturated rings. The van der Waals surface area contributed by atoms with Crippen LogP contribution in [-0.2, 0) is 13.0 Å². The summed E-state index contributed by atoms with van der Waals surface area (Å²) in [6.07, 6.45) is 6.20. The summed E-state index contributed by atoms with van der Waals surface area (Å²) in [7, 11) is 3.77. The van der Waals surface area contributed by atoms with Crippen LogP contribution in [0.2, 0.25) is 0 Å². The van der Waals surface area contributed by atoms with Gasteiger partial charge in [-0.1, -0.05) is 0 Å². The smallest absolute Gasteiger partial charge is 0.254 e. The maximum absolute atomic E-state index is 11.9. The number of primary amides is 1. The minimum absolute atomic E-state index is 0.203. The maximum Gasteiger partial charge on any atom is 0.254 e. The number of hydrogen-bond acceptors (Lipinski definition) is 8. The Morgan fingerprint density at radius 3 is 2.71 bits per heavy atom. The first-order valence-electron chi connectivity index (χ1n) is 10.8. The third-order valence-electron chi connectivity index (χ3n) is 6.14. The summed E-state index contributed by atoms with van der Waals surface area (Å²) in [5, 5.41) is 6.64. The Labute approximate surface area is 182 Å². The third-order valence-corrected chi connectivity index (χ3v) is 6.14. The number of anilines is 3. The van der Waals surface area contributed by atoms with Crippen LogP contribution in [0.15, 0.2) is 18.3 Å². The fourth-order valence-electron chi connectivity index (χ4n) is 4.30. The number of amides is 1. The predicted octanol–water partition coefficient (Wildman–Crippen LogP) is 2.00. The van der Waals surface area contributed by atoms with Gasteiger partial charge in [0.15, 0.2) is 0 Å². The van der Waals surface area contributed by atoms with Crippen molar-refractivity contribution in [1.29, 1.82) is 0 Å². The Morgan fingerprint density at radius 1 is 1.23 bits per heavy atom. The molecule has 1 aromatic heterocycles. The lowest BCUT2D eigenvalue weighted by Crippen LogP contribution is -2.33. The first kappa shape index (κ1) is 21.3. The van der Waals surface area contributed by atoms with E-state index >= 15 is 0 Å². The molecule has 0 saturated heterocycles. The predicted molar refractivity (Wildman–Crippen MR) is 121 cm³/mol. The van der Waals surface area contributed by atoms with E-state index in [1.165, 1.54) is 17.3 Å². The van der Waals surface area contributed by atoms with Gasteiger partial charge in [-0.3, -0.25) is 4.79 Å².